The van der Waals surface area contributed by atoms with E-state index < -0.39 is 86.7 Å². The minimum Gasteiger partial charge on any atom is -0.457 e. The van der Waals surface area contributed by atoms with Gasteiger partial charge in [0.15, 0.2) is 12.6 Å². The fourth-order valence-electron chi connectivity index (χ4n) is 9.94. The number of carbonyl (C=O) groups excluding carboxylic acids is 1. The number of hydrogen-bond donors (Lipinski definition) is 7. The van der Waals surface area contributed by atoms with E-state index in [0.717, 1.165) is 89.9 Å². The Balaban J connectivity index is 1.68. The van der Waals surface area contributed by atoms with Crippen LogP contribution in [-0.2, 0) is 33.2 Å². The number of unbranched alkanes of at least 4 members (excludes halogenated alkanes) is 22. The maximum atomic E-state index is 13.1. The fraction of sp³-hybridized carbons (Fsp3) is 0.732. The summed E-state index contributed by atoms with van der Waals surface area (Å²) in [5.74, 6) is -0.409. The quantitative estimate of drug-likeness (QED) is 0.0171. The largest absolute Gasteiger partial charge is 0.457 e. The van der Waals surface area contributed by atoms with Crippen molar-refractivity contribution >= 4 is 5.97 Å². The van der Waals surface area contributed by atoms with Crippen LogP contribution in [-0.4, -0.2) is 142 Å². The number of hydrogen-bond acceptors (Lipinski definition) is 14. The van der Waals surface area contributed by atoms with Gasteiger partial charge in [0.05, 0.1) is 26.4 Å². The van der Waals surface area contributed by atoms with Gasteiger partial charge in [-0.3, -0.25) is 4.79 Å². The minimum atomic E-state index is -1.72. The average molecular weight is 1200 g/mol. The topological polar surface area (TPSA) is 214 Å². The van der Waals surface area contributed by atoms with E-state index in [0.29, 0.717) is 13.0 Å². The normalized spacial score (nSPS) is 23.9. The molecular weight excluding hydrogens is 1080 g/mol. The first-order chi connectivity index (χ1) is 41.6. The van der Waals surface area contributed by atoms with E-state index in [2.05, 4.69) is 123 Å². The molecule has 14 nitrogen and oxygen atoms in total. The highest BCUT2D eigenvalue weighted by atomic mass is 16.7. The van der Waals surface area contributed by atoms with Crippen LogP contribution in [0.1, 0.15) is 232 Å². The van der Waals surface area contributed by atoms with Gasteiger partial charge in [-0.15, -0.1) is 0 Å². The third kappa shape index (κ3) is 41.5. The fourth-order valence-corrected chi connectivity index (χ4v) is 9.94. The Hall–Kier alpha value is -3.35. The Morgan fingerprint density at radius 1 is 0.400 bits per heavy atom. The summed E-state index contributed by atoms with van der Waals surface area (Å²) in [6.07, 6.45) is 61.5. The molecule has 2 aliphatic rings. The summed E-state index contributed by atoms with van der Waals surface area (Å²) >= 11 is 0. The van der Waals surface area contributed by atoms with Gasteiger partial charge in [-0.1, -0.05) is 232 Å². The van der Waals surface area contributed by atoms with Crippen LogP contribution in [0.4, 0.5) is 0 Å². The van der Waals surface area contributed by atoms with Crippen LogP contribution >= 0.6 is 0 Å². The molecule has 0 aliphatic carbocycles. The molecule has 0 saturated carbocycles. The molecule has 0 radical (unpaired) electrons. The first-order valence-electron chi connectivity index (χ1n) is 33.5. The lowest BCUT2D eigenvalue weighted by Crippen LogP contribution is -2.61. The number of aliphatic hydroxyl groups is 7. The smallest absolute Gasteiger partial charge is 0.306 e. The molecule has 85 heavy (non-hydrogen) atoms. The molecule has 2 aliphatic heterocycles. The van der Waals surface area contributed by atoms with Gasteiger partial charge in [0.1, 0.15) is 54.9 Å². The third-order valence-corrected chi connectivity index (χ3v) is 15.3. The van der Waals surface area contributed by atoms with Gasteiger partial charge in [-0.05, 0) is 103 Å². The highest BCUT2D eigenvalue weighted by Crippen LogP contribution is 2.27. The Labute approximate surface area is 514 Å². The zero-order valence-electron chi connectivity index (χ0n) is 52.8. The van der Waals surface area contributed by atoms with Crippen molar-refractivity contribution in [3.05, 3.63) is 109 Å². The van der Waals surface area contributed by atoms with Gasteiger partial charge in [0, 0.05) is 13.0 Å². The van der Waals surface area contributed by atoms with Crippen molar-refractivity contribution in [3.63, 3.8) is 0 Å². The molecule has 0 aromatic heterocycles. The van der Waals surface area contributed by atoms with Crippen molar-refractivity contribution in [3.8, 4) is 0 Å². The zero-order valence-corrected chi connectivity index (χ0v) is 52.8. The maximum absolute atomic E-state index is 13.1. The molecule has 0 aromatic rings. The summed E-state index contributed by atoms with van der Waals surface area (Å²) < 4.78 is 34.5. The number of ether oxygens (including phenoxy) is 6. The predicted molar refractivity (Wildman–Crippen MR) is 344 cm³/mol. The SMILES string of the molecule is CC/C=C\C/C=C\C/C=C\C/C=C\C/C=C\C/C=C\C/C=C\CCCCCC(=O)OC(COCCCCCCCCCCCCCCCC/C=C\C/C=C\CCCCCCC)COC1OC(COC2OC(CO)C(O)C(O)C2O)C(O)C(O)C1O. The van der Waals surface area contributed by atoms with Crippen LogP contribution in [0.3, 0.4) is 0 Å². The Bertz CT molecular complexity index is 1820. The first-order valence-corrected chi connectivity index (χ1v) is 33.5. The van der Waals surface area contributed by atoms with Crippen molar-refractivity contribution in [2.24, 2.45) is 0 Å². The molecule has 2 saturated heterocycles. The van der Waals surface area contributed by atoms with Crippen LogP contribution in [0.15, 0.2) is 109 Å². The summed E-state index contributed by atoms with van der Waals surface area (Å²) in [5.41, 5.74) is 0. The predicted octanol–water partition coefficient (Wildman–Crippen LogP) is 13.9. The number of carbonyl (C=O) groups is 1. The van der Waals surface area contributed by atoms with Crippen LogP contribution in [0, 0.1) is 0 Å². The molecule has 2 fully saturated rings. The molecule has 2 heterocycles. The van der Waals surface area contributed by atoms with Gasteiger partial charge < -0.3 is 64.2 Å². The molecular formula is C71H120O14. The van der Waals surface area contributed by atoms with E-state index in [1.54, 1.807) is 0 Å². The molecule has 11 unspecified atom stereocenters. The average Bonchev–Trinajstić information content (AvgIpc) is 3.68. The first kappa shape index (κ1) is 77.7. The van der Waals surface area contributed by atoms with Crippen LogP contribution in [0.5, 0.6) is 0 Å². The van der Waals surface area contributed by atoms with Gasteiger partial charge in [0.25, 0.3) is 0 Å². The van der Waals surface area contributed by atoms with E-state index >= 15 is 0 Å². The van der Waals surface area contributed by atoms with Gasteiger partial charge >= 0.3 is 5.97 Å². The van der Waals surface area contributed by atoms with E-state index in [4.69, 9.17) is 28.4 Å². The monoisotopic (exact) mass is 1200 g/mol. The standard InChI is InChI=1S/C71H120O14/c1-3-5-7-9-11-13-15-17-19-21-23-25-27-29-31-33-35-37-39-41-43-45-47-49-51-53-55-80-57-60(58-81-70-69(79)67(77)65(75)62(85-70)59-82-71-68(78)66(76)64(74)61(56-72)84-71)83-63(73)54-52-50-48-46-44-42-40-38-36-34-32-30-28-26-24-22-20-18-16-14-12-10-8-6-4-2/h6,8,12,14-15,17-18,20-21,23-24,26,30,32,36,38,42,44,60-62,64-72,74-79H,3-5,7,9-11,13,16,19,22,25,27-29,31,33-35,37,39-41,43,45-59H2,1-2H3/b8-6-,14-12-,17-15-,20-18-,23-21-,26-24-,32-30-,38-36-,44-42-. The second-order valence-corrected chi connectivity index (χ2v) is 22.9. The highest BCUT2D eigenvalue weighted by Gasteiger charge is 2.47. The lowest BCUT2D eigenvalue weighted by molar-refractivity contribution is -0.332. The molecule has 488 valence electrons. The molecule has 2 rings (SSSR count). The molecule has 0 spiro atoms. The highest BCUT2D eigenvalue weighted by molar-refractivity contribution is 5.69. The van der Waals surface area contributed by atoms with Crippen molar-refractivity contribution in [2.45, 2.75) is 300 Å². The number of esters is 1. The maximum Gasteiger partial charge on any atom is 0.306 e. The third-order valence-electron chi connectivity index (χ3n) is 15.3. The Morgan fingerprint density at radius 3 is 1.20 bits per heavy atom. The second kappa shape index (κ2) is 55.9. The summed E-state index contributed by atoms with van der Waals surface area (Å²) in [7, 11) is 0. The molecule has 0 aromatic carbocycles. The zero-order chi connectivity index (χ0) is 61.5. The summed E-state index contributed by atoms with van der Waals surface area (Å²) in [4.78, 5) is 13.1. The summed E-state index contributed by atoms with van der Waals surface area (Å²) in [6, 6.07) is 0. The van der Waals surface area contributed by atoms with Gasteiger partial charge in [-0.25, -0.2) is 0 Å². The molecule has 0 amide bonds. The Morgan fingerprint density at radius 2 is 0.765 bits per heavy atom. The number of allylic oxidation sites excluding steroid dienone is 18. The van der Waals surface area contributed by atoms with Gasteiger partial charge in [-0.2, -0.15) is 0 Å². The van der Waals surface area contributed by atoms with Crippen molar-refractivity contribution in [1.29, 1.82) is 0 Å². The molecule has 14 heteroatoms. The van der Waals surface area contributed by atoms with E-state index in [9.17, 15) is 40.5 Å². The van der Waals surface area contributed by atoms with Crippen LogP contribution in [0.2, 0.25) is 0 Å². The lowest BCUT2D eigenvalue weighted by Gasteiger charge is -2.42. The number of rotatable bonds is 54. The molecule has 7 N–H and O–H groups in total. The summed E-state index contributed by atoms with van der Waals surface area (Å²) in [5, 5.41) is 72.6. The minimum absolute atomic E-state index is 0.0414. The second-order valence-electron chi connectivity index (χ2n) is 22.9. The van der Waals surface area contributed by atoms with E-state index in [1.807, 2.05) is 0 Å². The van der Waals surface area contributed by atoms with Gasteiger partial charge in [0.2, 0.25) is 0 Å². The van der Waals surface area contributed by atoms with Crippen molar-refractivity contribution in [2.75, 3.05) is 33.0 Å². The van der Waals surface area contributed by atoms with Crippen molar-refractivity contribution < 1.29 is 69.0 Å². The lowest BCUT2D eigenvalue weighted by atomic mass is 9.98. The van der Waals surface area contributed by atoms with E-state index in [-0.39, 0.29) is 19.6 Å². The van der Waals surface area contributed by atoms with Crippen LogP contribution in [0.25, 0.3) is 0 Å². The Kier molecular flexibility index (Phi) is 51.2. The van der Waals surface area contributed by atoms with Crippen molar-refractivity contribution in [1.82, 2.24) is 0 Å². The van der Waals surface area contributed by atoms with Crippen LogP contribution < -0.4 is 0 Å². The summed E-state index contributed by atoms with van der Waals surface area (Å²) in [6.45, 7) is 3.53. The number of aliphatic hydroxyl groups excluding tert-OH is 7. The van der Waals surface area contributed by atoms with E-state index in [1.165, 1.54) is 116 Å². The molecule has 0 bridgehead atoms. The molecule has 11 atom stereocenters.